The SMILES string of the molecule is O=C(N[C@@H]1CCCc2ccccc21)[C@@H]1CC(=O)N(Cc2ccccn2)C1. The molecule has 2 heterocycles. The summed E-state index contributed by atoms with van der Waals surface area (Å²) in [7, 11) is 0. The summed E-state index contributed by atoms with van der Waals surface area (Å²) in [5.74, 6) is -0.260. The third kappa shape index (κ3) is 3.47. The average molecular weight is 349 g/mol. The number of pyridine rings is 1. The zero-order valence-corrected chi connectivity index (χ0v) is 14.7. The lowest BCUT2D eigenvalue weighted by Gasteiger charge is -2.27. The maximum atomic E-state index is 12.8. The number of amides is 2. The number of aryl methyl sites for hydroxylation is 1. The van der Waals surface area contributed by atoms with Crippen LogP contribution in [-0.4, -0.2) is 28.2 Å². The third-order valence-corrected chi connectivity index (χ3v) is 5.35. The number of nitrogens with one attached hydrogen (secondary N) is 1. The van der Waals surface area contributed by atoms with E-state index in [1.807, 2.05) is 30.3 Å². The van der Waals surface area contributed by atoms with Gasteiger partial charge in [-0.25, -0.2) is 0 Å². The van der Waals surface area contributed by atoms with Crippen molar-refractivity contribution in [1.82, 2.24) is 15.2 Å². The van der Waals surface area contributed by atoms with Gasteiger partial charge >= 0.3 is 0 Å². The smallest absolute Gasteiger partial charge is 0.225 e. The van der Waals surface area contributed by atoms with Crippen molar-refractivity contribution in [3.8, 4) is 0 Å². The first-order valence-corrected chi connectivity index (χ1v) is 9.26. The van der Waals surface area contributed by atoms with Crippen LogP contribution in [0.15, 0.2) is 48.7 Å². The van der Waals surface area contributed by atoms with Gasteiger partial charge in [-0.3, -0.25) is 14.6 Å². The summed E-state index contributed by atoms with van der Waals surface area (Å²) in [5.41, 5.74) is 3.40. The van der Waals surface area contributed by atoms with Gasteiger partial charge in [0.25, 0.3) is 0 Å². The van der Waals surface area contributed by atoms with Crippen LogP contribution in [0.3, 0.4) is 0 Å². The minimum absolute atomic E-state index is 0.0106. The predicted molar refractivity (Wildman–Crippen MR) is 98.0 cm³/mol. The van der Waals surface area contributed by atoms with E-state index in [4.69, 9.17) is 0 Å². The summed E-state index contributed by atoms with van der Waals surface area (Å²) in [5, 5.41) is 3.19. The van der Waals surface area contributed by atoms with Crippen LogP contribution >= 0.6 is 0 Å². The zero-order chi connectivity index (χ0) is 17.9. The Bertz CT molecular complexity index is 806. The van der Waals surface area contributed by atoms with Gasteiger partial charge in [0.05, 0.1) is 24.2 Å². The number of fused-ring (bicyclic) bond motifs is 1. The quantitative estimate of drug-likeness (QED) is 0.923. The van der Waals surface area contributed by atoms with E-state index in [9.17, 15) is 9.59 Å². The van der Waals surface area contributed by atoms with Crippen molar-refractivity contribution in [1.29, 1.82) is 0 Å². The van der Waals surface area contributed by atoms with Gasteiger partial charge in [-0.15, -0.1) is 0 Å². The van der Waals surface area contributed by atoms with Crippen LogP contribution < -0.4 is 5.32 Å². The molecule has 2 aromatic rings. The Morgan fingerprint density at radius 1 is 1.19 bits per heavy atom. The molecule has 1 aliphatic carbocycles. The Labute approximate surface area is 153 Å². The summed E-state index contributed by atoms with van der Waals surface area (Å²) in [6.07, 6.45) is 5.12. The van der Waals surface area contributed by atoms with Crippen molar-refractivity contribution < 1.29 is 9.59 Å². The highest BCUT2D eigenvalue weighted by atomic mass is 16.2. The molecule has 0 radical (unpaired) electrons. The molecule has 1 saturated heterocycles. The number of hydrogen-bond donors (Lipinski definition) is 1. The van der Waals surface area contributed by atoms with Crippen LogP contribution in [-0.2, 0) is 22.6 Å². The summed E-state index contributed by atoms with van der Waals surface area (Å²) in [6, 6.07) is 14.0. The van der Waals surface area contributed by atoms with Gasteiger partial charge in [-0.1, -0.05) is 30.3 Å². The van der Waals surface area contributed by atoms with Gasteiger partial charge in [0.1, 0.15) is 0 Å². The molecule has 1 fully saturated rings. The van der Waals surface area contributed by atoms with Crippen molar-refractivity contribution >= 4 is 11.8 Å². The average Bonchev–Trinajstić information content (AvgIpc) is 3.03. The second kappa shape index (κ2) is 7.28. The molecule has 1 aliphatic heterocycles. The monoisotopic (exact) mass is 349 g/mol. The van der Waals surface area contributed by atoms with Crippen LogP contribution in [0.2, 0.25) is 0 Å². The van der Waals surface area contributed by atoms with Gasteiger partial charge in [-0.2, -0.15) is 0 Å². The Hall–Kier alpha value is -2.69. The minimum Gasteiger partial charge on any atom is -0.349 e. The number of carbonyl (C=O) groups excluding carboxylic acids is 2. The van der Waals surface area contributed by atoms with Crippen molar-refractivity contribution in [2.24, 2.45) is 5.92 Å². The first-order chi connectivity index (χ1) is 12.7. The molecule has 0 bridgehead atoms. The molecule has 2 aliphatic rings. The number of likely N-dealkylation sites (tertiary alicyclic amines) is 1. The fourth-order valence-corrected chi connectivity index (χ4v) is 3.98. The van der Waals surface area contributed by atoms with Crippen LogP contribution in [0.4, 0.5) is 0 Å². The lowest BCUT2D eigenvalue weighted by atomic mass is 9.87. The predicted octanol–water partition coefficient (Wildman–Crippen LogP) is 2.62. The highest BCUT2D eigenvalue weighted by Gasteiger charge is 2.35. The summed E-state index contributed by atoms with van der Waals surface area (Å²) >= 11 is 0. The minimum atomic E-state index is -0.277. The van der Waals surface area contributed by atoms with Crippen LogP contribution in [0, 0.1) is 5.92 Å². The molecule has 0 saturated carbocycles. The normalized spacial score (nSPS) is 22.2. The number of rotatable bonds is 4. The molecular weight excluding hydrogens is 326 g/mol. The van der Waals surface area contributed by atoms with E-state index >= 15 is 0 Å². The molecule has 2 atom stereocenters. The van der Waals surface area contributed by atoms with Crippen molar-refractivity contribution in [2.45, 2.75) is 38.3 Å². The molecule has 5 heteroatoms. The number of carbonyl (C=O) groups is 2. The summed E-state index contributed by atoms with van der Waals surface area (Å²) in [6.45, 7) is 0.936. The van der Waals surface area contributed by atoms with E-state index in [0.29, 0.717) is 13.1 Å². The molecule has 4 rings (SSSR count). The number of hydrogen-bond acceptors (Lipinski definition) is 3. The summed E-state index contributed by atoms with van der Waals surface area (Å²) in [4.78, 5) is 31.1. The van der Waals surface area contributed by atoms with Gasteiger partial charge < -0.3 is 10.2 Å². The molecule has 1 aromatic carbocycles. The lowest BCUT2D eigenvalue weighted by molar-refractivity contribution is -0.129. The third-order valence-electron chi connectivity index (χ3n) is 5.35. The molecule has 5 nitrogen and oxygen atoms in total. The van der Waals surface area contributed by atoms with E-state index in [2.05, 4.69) is 22.4 Å². The topological polar surface area (TPSA) is 62.3 Å². The Morgan fingerprint density at radius 2 is 2.04 bits per heavy atom. The molecule has 0 spiro atoms. The van der Waals surface area contributed by atoms with Crippen molar-refractivity contribution in [3.63, 3.8) is 0 Å². The van der Waals surface area contributed by atoms with Gasteiger partial charge in [0.2, 0.25) is 11.8 Å². The number of aromatic nitrogens is 1. The fourth-order valence-electron chi connectivity index (χ4n) is 3.98. The van der Waals surface area contributed by atoms with E-state index in [0.717, 1.165) is 25.0 Å². The number of nitrogens with zero attached hydrogens (tertiary/aromatic N) is 2. The molecule has 1 N–H and O–H groups in total. The largest absolute Gasteiger partial charge is 0.349 e. The Balaban J connectivity index is 1.40. The van der Waals surface area contributed by atoms with E-state index in [1.165, 1.54) is 11.1 Å². The van der Waals surface area contributed by atoms with E-state index in [-0.39, 0.29) is 30.2 Å². The number of benzene rings is 1. The van der Waals surface area contributed by atoms with Gasteiger partial charge in [0, 0.05) is 19.2 Å². The molecule has 1 aromatic heterocycles. The van der Waals surface area contributed by atoms with Crippen LogP contribution in [0.25, 0.3) is 0 Å². The van der Waals surface area contributed by atoms with E-state index in [1.54, 1.807) is 11.1 Å². The molecule has 134 valence electrons. The molecule has 2 amide bonds. The molecule has 26 heavy (non-hydrogen) atoms. The lowest BCUT2D eigenvalue weighted by Crippen LogP contribution is -2.36. The van der Waals surface area contributed by atoms with Gasteiger partial charge in [-0.05, 0) is 42.5 Å². The first-order valence-electron chi connectivity index (χ1n) is 9.26. The standard InChI is InChI=1S/C21H23N3O2/c25-20-12-16(13-24(20)14-17-8-3-4-11-22-17)21(26)23-19-10-5-7-15-6-1-2-9-18(15)19/h1-4,6,8-9,11,16,19H,5,7,10,12-14H2,(H,23,26)/t16-,19-/m1/s1. The second-order valence-electron chi connectivity index (χ2n) is 7.15. The van der Waals surface area contributed by atoms with Crippen LogP contribution in [0.5, 0.6) is 0 Å². The maximum Gasteiger partial charge on any atom is 0.225 e. The Kier molecular flexibility index (Phi) is 4.69. The van der Waals surface area contributed by atoms with Crippen molar-refractivity contribution in [2.75, 3.05) is 6.54 Å². The molecular formula is C21H23N3O2. The summed E-state index contributed by atoms with van der Waals surface area (Å²) < 4.78 is 0. The van der Waals surface area contributed by atoms with Crippen LogP contribution in [0.1, 0.15) is 42.1 Å². The maximum absolute atomic E-state index is 12.8. The highest BCUT2D eigenvalue weighted by Crippen LogP contribution is 2.30. The first kappa shape index (κ1) is 16.8. The zero-order valence-electron chi connectivity index (χ0n) is 14.7. The second-order valence-corrected chi connectivity index (χ2v) is 7.15. The molecule has 0 unspecified atom stereocenters. The highest BCUT2D eigenvalue weighted by molar-refractivity contribution is 5.89. The van der Waals surface area contributed by atoms with Gasteiger partial charge in [0.15, 0.2) is 0 Å². The van der Waals surface area contributed by atoms with E-state index < -0.39 is 0 Å². The van der Waals surface area contributed by atoms with Crippen molar-refractivity contribution in [3.05, 3.63) is 65.5 Å². The Morgan fingerprint density at radius 3 is 2.88 bits per heavy atom. The fraction of sp³-hybridized carbons (Fsp3) is 0.381.